The van der Waals surface area contributed by atoms with Gasteiger partial charge in [-0.05, 0) is 44.0 Å². The van der Waals surface area contributed by atoms with E-state index in [9.17, 15) is 10.2 Å². The second kappa shape index (κ2) is 5.80. The molecule has 3 rings (SSSR count). The quantitative estimate of drug-likeness (QED) is 0.717. The van der Waals surface area contributed by atoms with Crippen molar-refractivity contribution >= 4 is 17.1 Å². The summed E-state index contributed by atoms with van der Waals surface area (Å²) in [5, 5.41) is 20.5. The first-order valence-corrected chi connectivity index (χ1v) is 7.58. The van der Waals surface area contributed by atoms with Crippen LogP contribution in [-0.2, 0) is 6.54 Å². The van der Waals surface area contributed by atoms with Crippen LogP contribution >= 0.6 is 0 Å². The van der Waals surface area contributed by atoms with Crippen LogP contribution in [0.2, 0.25) is 0 Å². The van der Waals surface area contributed by atoms with Crippen molar-refractivity contribution in [2.24, 2.45) is 0 Å². The summed E-state index contributed by atoms with van der Waals surface area (Å²) in [6.45, 7) is 6.08. The lowest BCUT2D eigenvalue weighted by Gasteiger charge is -2.13. The van der Waals surface area contributed by atoms with Crippen LogP contribution in [0.3, 0.4) is 0 Å². The number of hydrogen-bond donors (Lipinski definition) is 2. The predicted molar refractivity (Wildman–Crippen MR) is 92.7 cm³/mol. The fraction of sp³-hybridized carbons (Fsp3) is 0.211. The maximum absolute atomic E-state index is 10.3. The normalized spacial score (nSPS) is 11.6. The maximum Gasteiger partial charge on any atom is 0.126 e. The van der Waals surface area contributed by atoms with E-state index in [-0.39, 0.29) is 11.5 Å². The number of allylic oxidation sites excluding steroid dienone is 1. The molecule has 0 radical (unpaired) electrons. The fourth-order valence-electron chi connectivity index (χ4n) is 2.79. The van der Waals surface area contributed by atoms with E-state index in [0.717, 1.165) is 16.6 Å². The molecular weight excluding hydrogens is 288 g/mol. The monoisotopic (exact) mass is 308 g/mol. The van der Waals surface area contributed by atoms with Crippen LogP contribution in [0.25, 0.3) is 17.1 Å². The van der Waals surface area contributed by atoms with Gasteiger partial charge in [-0.1, -0.05) is 24.3 Å². The van der Waals surface area contributed by atoms with Gasteiger partial charge in [0.2, 0.25) is 0 Å². The zero-order valence-corrected chi connectivity index (χ0v) is 13.5. The number of rotatable bonds is 3. The molecule has 0 aliphatic carbocycles. The van der Waals surface area contributed by atoms with Crippen molar-refractivity contribution in [1.82, 2.24) is 9.55 Å². The Morgan fingerprint density at radius 1 is 1.00 bits per heavy atom. The van der Waals surface area contributed by atoms with Crippen molar-refractivity contribution in [2.75, 3.05) is 0 Å². The van der Waals surface area contributed by atoms with Crippen molar-refractivity contribution in [1.29, 1.82) is 0 Å². The Labute approximate surface area is 135 Å². The van der Waals surface area contributed by atoms with E-state index in [1.807, 2.05) is 61.8 Å². The molecular formula is C19H20N2O2. The lowest BCUT2D eigenvalue weighted by molar-refractivity contribution is 0.448. The molecule has 0 bridgehead atoms. The Bertz CT molecular complexity index is 878. The molecule has 4 heteroatoms. The SMILES string of the molecule is Cc1c(C)c(O)c(/C=C/Cn2cnc3ccccc32)c(C)c1O. The topological polar surface area (TPSA) is 58.3 Å². The lowest BCUT2D eigenvalue weighted by atomic mass is 9.97. The van der Waals surface area contributed by atoms with Crippen molar-refractivity contribution < 1.29 is 10.2 Å². The molecule has 2 N–H and O–H groups in total. The standard InChI is InChI=1S/C19H20N2O2/c1-12-13(2)19(23)15(14(3)18(12)22)7-6-10-21-11-20-16-8-4-5-9-17(16)21/h4-9,11,22-23H,10H2,1-3H3/b7-6+. The second-order valence-electron chi connectivity index (χ2n) is 5.77. The molecule has 3 aromatic rings. The third kappa shape index (κ3) is 2.57. The highest BCUT2D eigenvalue weighted by atomic mass is 16.3. The van der Waals surface area contributed by atoms with Gasteiger partial charge in [0.05, 0.1) is 17.4 Å². The van der Waals surface area contributed by atoms with Crippen molar-refractivity contribution in [3.05, 3.63) is 58.9 Å². The van der Waals surface area contributed by atoms with E-state index < -0.39 is 0 Å². The van der Waals surface area contributed by atoms with Gasteiger partial charge in [-0.15, -0.1) is 0 Å². The molecule has 1 heterocycles. The van der Waals surface area contributed by atoms with Gasteiger partial charge >= 0.3 is 0 Å². The van der Waals surface area contributed by atoms with Gasteiger partial charge in [0.1, 0.15) is 11.5 Å². The smallest absolute Gasteiger partial charge is 0.126 e. The molecule has 23 heavy (non-hydrogen) atoms. The highest BCUT2D eigenvalue weighted by Crippen LogP contribution is 2.36. The minimum Gasteiger partial charge on any atom is -0.507 e. The van der Waals surface area contributed by atoms with Gasteiger partial charge < -0.3 is 14.8 Å². The first-order valence-electron chi connectivity index (χ1n) is 7.58. The van der Waals surface area contributed by atoms with Crippen molar-refractivity contribution in [3.63, 3.8) is 0 Å². The summed E-state index contributed by atoms with van der Waals surface area (Å²) in [7, 11) is 0. The van der Waals surface area contributed by atoms with Crippen LogP contribution in [0, 0.1) is 20.8 Å². The molecule has 0 fully saturated rings. The van der Waals surface area contributed by atoms with E-state index in [1.165, 1.54) is 0 Å². The number of phenols is 2. The van der Waals surface area contributed by atoms with Gasteiger partial charge in [0.15, 0.2) is 0 Å². The average molecular weight is 308 g/mol. The van der Waals surface area contributed by atoms with Crippen LogP contribution in [0.1, 0.15) is 22.3 Å². The Morgan fingerprint density at radius 2 is 1.70 bits per heavy atom. The Balaban J connectivity index is 1.92. The molecule has 118 valence electrons. The first kappa shape index (κ1) is 15.2. The number of fused-ring (bicyclic) bond motifs is 1. The summed E-state index contributed by atoms with van der Waals surface area (Å²) in [5.74, 6) is 0.470. The van der Waals surface area contributed by atoms with Gasteiger partial charge in [0.25, 0.3) is 0 Å². The Hall–Kier alpha value is -2.75. The summed E-state index contributed by atoms with van der Waals surface area (Å²) in [6.07, 6.45) is 5.62. The number of benzene rings is 2. The largest absolute Gasteiger partial charge is 0.507 e. The second-order valence-corrected chi connectivity index (χ2v) is 5.77. The van der Waals surface area contributed by atoms with Crippen LogP contribution < -0.4 is 0 Å². The molecule has 0 unspecified atom stereocenters. The van der Waals surface area contributed by atoms with Gasteiger partial charge in [-0.3, -0.25) is 0 Å². The van der Waals surface area contributed by atoms with Crippen LogP contribution in [0.5, 0.6) is 11.5 Å². The van der Waals surface area contributed by atoms with E-state index in [1.54, 1.807) is 6.33 Å². The summed E-state index contributed by atoms with van der Waals surface area (Å²) >= 11 is 0. The summed E-state index contributed by atoms with van der Waals surface area (Å²) < 4.78 is 2.04. The number of aromatic hydroxyl groups is 2. The third-order valence-electron chi connectivity index (χ3n) is 4.40. The highest BCUT2D eigenvalue weighted by molar-refractivity contribution is 5.75. The molecule has 2 aromatic carbocycles. The molecule has 1 aromatic heterocycles. The zero-order valence-electron chi connectivity index (χ0n) is 13.5. The molecule has 0 spiro atoms. The van der Waals surface area contributed by atoms with Gasteiger partial charge in [0, 0.05) is 17.7 Å². The minimum absolute atomic E-state index is 0.226. The fourth-order valence-corrected chi connectivity index (χ4v) is 2.79. The molecule has 4 nitrogen and oxygen atoms in total. The van der Waals surface area contributed by atoms with E-state index >= 15 is 0 Å². The van der Waals surface area contributed by atoms with E-state index in [2.05, 4.69) is 4.98 Å². The molecule has 0 atom stereocenters. The van der Waals surface area contributed by atoms with Crippen LogP contribution in [-0.4, -0.2) is 19.8 Å². The maximum atomic E-state index is 10.3. The van der Waals surface area contributed by atoms with Crippen molar-refractivity contribution in [3.8, 4) is 11.5 Å². The summed E-state index contributed by atoms with van der Waals surface area (Å²) in [5.41, 5.74) is 4.82. The predicted octanol–water partition coefficient (Wildman–Crippen LogP) is 4.09. The van der Waals surface area contributed by atoms with Gasteiger partial charge in [-0.25, -0.2) is 4.98 Å². The van der Waals surface area contributed by atoms with Crippen LogP contribution in [0.4, 0.5) is 0 Å². The van der Waals surface area contributed by atoms with Crippen LogP contribution in [0.15, 0.2) is 36.7 Å². The third-order valence-corrected chi connectivity index (χ3v) is 4.40. The molecule has 0 saturated carbocycles. The Morgan fingerprint density at radius 3 is 2.48 bits per heavy atom. The number of imidazole rings is 1. The number of nitrogens with zero attached hydrogens (tertiary/aromatic N) is 2. The number of para-hydroxylation sites is 2. The molecule has 0 aliphatic heterocycles. The van der Waals surface area contributed by atoms with Gasteiger partial charge in [-0.2, -0.15) is 0 Å². The molecule has 0 amide bonds. The number of hydrogen-bond acceptors (Lipinski definition) is 3. The lowest BCUT2D eigenvalue weighted by Crippen LogP contribution is -1.94. The molecule has 0 aliphatic rings. The molecule has 0 saturated heterocycles. The minimum atomic E-state index is 0.226. The Kier molecular flexibility index (Phi) is 3.82. The zero-order chi connectivity index (χ0) is 16.6. The van der Waals surface area contributed by atoms with Crippen molar-refractivity contribution in [2.45, 2.75) is 27.3 Å². The number of aromatic nitrogens is 2. The van der Waals surface area contributed by atoms with E-state index in [0.29, 0.717) is 23.2 Å². The average Bonchev–Trinajstić information content (AvgIpc) is 2.97. The number of phenolic OH excluding ortho intramolecular Hbond substituents is 2. The van der Waals surface area contributed by atoms with E-state index in [4.69, 9.17) is 0 Å². The highest BCUT2D eigenvalue weighted by Gasteiger charge is 2.14. The first-order chi connectivity index (χ1) is 11.0. The summed E-state index contributed by atoms with van der Waals surface area (Å²) in [4.78, 5) is 4.36. The summed E-state index contributed by atoms with van der Waals surface area (Å²) in [6, 6.07) is 7.96.